The Hall–Kier alpha value is -3.32. The molecule has 4 aromatic rings. The lowest BCUT2D eigenvalue weighted by molar-refractivity contribution is 0.0996. The Morgan fingerprint density at radius 1 is 1.00 bits per heavy atom. The van der Waals surface area contributed by atoms with Gasteiger partial charge in [0.25, 0.3) is 11.9 Å². The third kappa shape index (κ3) is 2.89. The highest BCUT2D eigenvalue weighted by Crippen LogP contribution is 2.18. The van der Waals surface area contributed by atoms with Gasteiger partial charge in [0.1, 0.15) is 0 Å². The van der Waals surface area contributed by atoms with Gasteiger partial charge in [-0.1, -0.05) is 48.5 Å². The zero-order chi connectivity index (χ0) is 18.1. The van der Waals surface area contributed by atoms with Crippen LogP contribution in [0, 0.1) is 6.92 Å². The average molecular weight is 362 g/mol. The summed E-state index contributed by atoms with van der Waals surface area (Å²) >= 11 is 1.45. The normalized spacial score (nSPS) is 10.8. The standard InChI is InChI=1S/C19H14N4O2S/c1-12-11-26-19-21-18(22-23(12)19)20-17(25)15-10-6-5-9-14(15)16(24)13-7-3-2-4-8-13/h2-11H,1H3,(H,20,22,25). The summed E-state index contributed by atoms with van der Waals surface area (Å²) in [6.45, 7) is 1.91. The molecule has 0 bridgehead atoms. The largest absolute Gasteiger partial charge is 0.289 e. The molecule has 0 aliphatic rings. The number of aryl methyl sites for hydroxylation is 1. The second-order valence-corrected chi connectivity index (χ2v) is 6.54. The van der Waals surface area contributed by atoms with Crippen molar-refractivity contribution >= 4 is 33.9 Å². The van der Waals surface area contributed by atoms with Crippen LogP contribution in [0.25, 0.3) is 4.96 Å². The van der Waals surface area contributed by atoms with Crippen molar-refractivity contribution in [1.29, 1.82) is 0 Å². The second-order valence-electron chi connectivity index (χ2n) is 5.70. The molecule has 0 saturated carbocycles. The van der Waals surface area contributed by atoms with Crippen molar-refractivity contribution in [1.82, 2.24) is 14.6 Å². The number of hydrogen-bond acceptors (Lipinski definition) is 5. The number of benzene rings is 2. The van der Waals surface area contributed by atoms with E-state index in [9.17, 15) is 9.59 Å². The number of rotatable bonds is 4. The number of aromatic nitrogens is 3. The van der Waals surface area contributed by atoms with Gasteiger partial charge in [-0.2, -0.15) is 4.98 Å². The monoisotopic (exact) mass is 362 g/mol. The summed E-state index contributed by atoms with van der Waals surface area (Å²) in [4.78, 5) is 30.4. The first-order chi connectivity index (χ1) is 12.6. The van der Waals surface area contributed by atoms with Gasteiger partial charge in [0.05, 0.1) is 11.3 Å². The molecule has 0 saturated heterocycles. The van der Waals surface area contributed by atoms with E-state index in [1.807, 2.05) is 18.4 Å². The van der Waals surface area contributed by atoms with E-state index in [1.165, 1.54) is 11.3 Å². The molecule has 7 heteroatoms. The molecule has 6 nitrogen and oxygen atoms in total. The first kappa shape index (κ1) is 16.2. The Labute approximate surface area is 153 Å². The number of fused-ring (bicyclic) bond motifs is 1. The van der Waals surface area contributed by atoms with E-state index in [1.54, 1.807) is 53.0 Å². The SMILES string of the molecule is Cc1csc2nc(NC(=O)c3ccccc3C(=O)c3ccccc3)nn12. The number of carbonyl (C=O) groups is 2. The van der Waals surface area contributed by atoms with Gasteiger partial charge in [-0.05, 0) is 13.0 Å². The summed E-state index contributed by atoms with van der Waals surface area (Å²) in [6.07, 6.45) is 0. The van der Waals surface area contributed by atoms with E-state index in [0.717, 1.165) is 5.69 Å². The Kier molecular flexibility index (Phi) is 4.06. The molecule has 2 aromatic heterocycles. The summed E-state index contributed by atoms with van der Waals surface area (Å²) in [6, 6.07) is 15.6. The van der Waals surface area contributed by atoms with Gasteiger partial charge >= 0.3 is 0 Å². The molecule has 26 heavy (non-hydrogen) atoms. The van der Waals surface area contributed by atoms with Crippen molar-refractivity contribution in [2.75, 3.05) is 5.32 Å². The van der Waals surface area contributed by atoms with Crippen LogP contribution in [0.2, 0.25) is 0 Å². The quantitative estimate of drug-likeness (QED) is 0.563. The van der Waals surface area contributed by atoms with E-state index in [2.05, 4.69) is 15.4 Å². The van der Waals surface area contributed by atoms with Crippen molar-refractivity contribution < 1.29 is 9.59 Å². The number of amides is 1. The molecule has 2 aromatic carbocycles. The first-order valence-electron chi connectivity index (χ1n) is 7.94. The molecule has 0 spiro atoms. The number of anilines is 1. The van der Waals surface area contributed by atoms with Gasteiger partial charge in [0.2, 0.25) is 4.96 Å². The fourth-order valence-electron chi connectivity index (χ4n) is 2.64. The minimum Gasteiger partial charge on any atom is -0.289 e. The molecular formula is C19H14N4O2S. The third-order valence-corrected chi connectivity index (χ3v) is 4.86. The van der Waals surface area contributed by atoms with Crippen LogP contribution in [0.1, 0.15) is 32.0 Å². The molecule has 0 radical (unpaired) electrons. The van der Waals surface area contributed by atoms with Crippen LogP contribution >= 0.6 is 11.3 Å². The van der Waals surface area contributed by atoms with Gasteiger partial charge < -0.3 is 0 Å². The van der Waals surface area contributed by atoms with Crippen LogP contribution in [0.15, 0.2) is 60.0 Å². The lowest BCUT2D eigenvalue weighted by atomic mass is 9.98. The molecular weight excluding hydrogens is 348 g/mol. The van der Waals surface area contributed by atoms with E-state index >= 15 is 0 Å². The second kappa shape index (κ2) is 6.53. The zero-order valence-electron chi connectivity index (χ0n) is 13.8. The molecule has 0 fully saturated rings. The predicted octanol–water partition coefficient (Wildman–Crippen LogP) is 3.58. The molecule has 0 aliphatic heterocycles. The summed E-state index contributed by atoms with van der Waals surface area (Å²) in [5, 5.41) is 8.89. The van der Waals surface area contributed by atoms with Crippen molar-refractivity contribution in [3.63, 3.8) is 0 Å². The van der Waals surface area contributed by atoms with Gasteiger partial charge in [-0.15, -0.1) is 16.4 Å². The van der Waals surface area contributed by atoms with Crippen molar-refractivity contribution in [3.8, 4) is 0 Å². The molecule has 2 heterocycles. The van der Waals surface area contributed by atoms with Crippen LogP contribution in [0.4, 0.5) is 5.95 Å². The minimum atomic E-state index is -0.416. The number of ketones is 1. The summed E-state index contributed by atoms with van der Waals surface area (Å²) in [5.74, 6) is -0.404. The third-order valence-electron chi connectivity index (χ3n) is 3.92. The van der Waals surface area contributed by atoms with E-state index in [4.69, 9.17) is 0 Å². The predicted molar refractivity (Wildman–Crippen MR) is 99.9 cm³/mol. The summed E-state index contributed by atoms with van der Waals surface area (Å²) < 4.78 is 1.67. The van der Waals surface area contributed by atoms with Gasteiger partial charge in [0.15, 0.2) is 5.78 Å². The highest BCUT2D eigenvalue weighted by molar-refractivity contribution is 7.15. The van der Waals surface area contributed by atoms with E-state index in [-0.39, 0.29) is 17.3 Å². The van der Waals surface area contributed by atoms with Crippen LogP contribution in [0.5, 0.6) is 0 Å². The van der Waals surface area contributed by atoms with Crippen molar-refractivity contribution in [2.45, 2.75) is 6.92 Å². The van der Waals surface area contributed by atoms with Gasteiger partial charge in [-0.25, -0.2) is 4.52 Å². The van der Waals surface area contributed by atoms with Gasteiger partial charge in [0, 0.05) is 16.5 Å². The fourth-order valence-corrected chi connectivity index (χ4v) is 3.44. The molecule has 0 atom stereocenters. The van der Waals surface area contributed by atoms with Crippen LogP contribution in [-0.2, 0) is 0 Å². The lowest BCUT2D eigenvalue weighted by Gasteiger charge is -2.08. The number of hydrogen-bond donors (Lipinski definition) is 1. The van der Waals surface area contributed by atoms with Crippen LogP contribution in [-0.4, -0.2) is 26.3 Å². The average Bonchev–Trinajstić information content (AvgIpc) is 3.23. The Morgan fingerprint density at radius 2 is 1.69 bits per heavy atom. The summed E-state index contributed by atoms with van der Waals surface area (Å²) in [7, 11) is 0. The van der Waals surface area contributed by atoms with Gasteiger partial charge in [-0.3, -0.25) is 14.9 Å². The van der Waals surface area contributed by atoms with Crippen LogP contribution < -0.4 is 5.32 Å². The Morgan fingerprint density at radius 3 is 2.42 bits per heavy atom. The highest BCUT2D eigenvalue weighted by atomic mass is 32.1. The van der Waals surface area contributed by atoms with E-state index < -0.39 is 5.91 Å². The number of nitrogens with zero attached hydrogens (tertiary/aromatic N) is 3. The van der Waals surface area contributed by atoms with Crippen molar-refractivity contribution in [3.05, 3.63) is 82.4 Å². The lowest BCUT2D eigenvalue weighted by Crippen LogP contribution is -2.17. The first-order valence-corrected chi connectivity index (χ1v) is 8.82. The minimum absolute atomic E-state index is 0.203. The van der Waals surface area contributed by atoms with E-state index in [0.29, 0.717) is 16.1 Å². The Bertz CT molecular complexity index is 1110. The number of thiazole rings is 1. The molecule has 0 aliphatic carbocycles. The highest BCUT2D eigenvalue weighted by Gasteiger charge is 2.19. The smallest absolute Gasteiger partial charge is 0.258 e. The number of nitrogens with one attached hydrogen (secondary N) is 1. The molecule has 1 N–H and O–H groups in total. The van der Waals surface area contributed by atoms with Crippen LogP contribution in [0.3, 0.4) is 0 Å². The Balaban J connectivity index is 1.65. The molecule has 1 amide bonds. The molecule has 4 rings (SSSR count). The molecule has 128 valence electrons. The maximum atomic E-state index is 12.8. The van der Waals surface area contributed by atoms with Crippen molar-refractivity contribution in [2.24, 2.45) is 0 Å². The number of carbonyl (C=O) groups excluding carboxylic acids is 2. The topological polar surface area (TPSA) is 76.4 Å². The maximum absolute atomic E-state index is 12.8. The zero-order valence-corrected chi connectivity index (χ0v) is 14.7. The maximum Gasteiger partial charge on any atom is 0.258 e. The molecule has 0 unspecified atom stereocenters. The summed E-state index contributed by atoms with van der Waals surface area (Å²) in [5.41, 5.74) is 2.10. The fraction of sp³-hybridized carbons (Fsp3) is 0.0526.